The molecule has 0 aliphatic carbocycles. The van der Waals surface area contributed by atoms with Crippen molar-refractivity contribution in [2.45, 2.75) is 23.4 Å². The van der Waals surface area contributed by atoms with Crippen LogP contribution in [0.1, 0.15) is 5.82 Å². The van der Waals surface area contributed by atoms with Crippen LogP contribution in [0.15, 0.2) is 62.9 Å². The van der Waals surface area contributed by atoms with Crippen LogP contribution < -0.4 is 16.6 Å². The highest BCUT2D eigenvalue weighted by molar-refractivity contribution is 7.99. The SMILES string of the molecule is C=CCn1c(CNc2ccccc2)nnc1Sc1nc2c(c(=O)n(C)c(=O)n2C)n1C. The summed E-state index contributed by atoms with van der Waals surface area (Å²) in [7, 11) is 4.80. The minimum Gasteiger partial charge on any atom is -0.378 e. The Bertz CT molecular complexity index is 1380. The second-order valence-corrected chi connectivity index (χ2v) is 7.89. The van der Waals surface area contributed by atoms with Gasteiger partial charge in [0, 0.05) is 33.4 Å². The molecule has 11 heteroatoms. The van der Waals surface area contributed by atoms with Crippen molar-refractivity contribution >= 4 is 28.6 Å². The number of aromatic nitrogens is 7. The van der Waals surface area contributed by atoms with Gasteiger partial charge in [0.1, 0.15) is 0 Å². The van der Waals surface area contributed by atoms with Gasteiger partial charge >= 0.3 is 5.69 Å². The van der Waals surface area contributed by atoms with Crippen molar-refractivity contribution in [3.05, 3.63) is 69.6 Å². The van der Waals surface area contributed by atoms with Gasteiger partial charge in [-0.3, -0.25) is 13.9 Å². The van der Waals surface area contributed by atoms with Crippen molar-refractivity contribution in [3.8, 4) is 0 Å². The third kappa shape index (κ3) is 3.67. The van der Waals surface area contributed by atoms with Gasteiger partial charge in [0.2, 0.25) is 0 Å². The van der Waals surface area contributed by atoms with Crippen LogP contribution in [-0.2, 0) is 34.2 Å². The van der Waals surface area contributed by atoms with E-state index in [0.29, 0.717) is 34.6 Å². The number of anilines is 1. The predicted octanol–water partition coefficient (Wildman–Crippen LogP) is 1.51. The lowest BCUT2D eigenvalue weighted by Gasteiger charge is -2.09. The van der Waals surface area contributed by atoms with Gasteiger partial charge in [0.05, 0.1) is 6.54 Å². The lowest BCUT2D eigenvalue weighted by Crippen LogP contribution is -2.37. The van der Waals surface area contributed by atoms with Gasteiger partial charge in [-0.15, -0.1) is 16.8 Å². The van der Waals surface area contributed by atoms with Gasteiger partial charge in [-0.2, -0.15) is 0 Å². The molecule has 0 fully saturated rings. The fraction of sp³-hybridized carbons (Fsp3) is 0.250. The Morgan fingerprint density at radius 1 is 1.03 bits per heavy atom. The van der Waals surface area contributed by atoms with Gasteiger partial charge in [-0.1, -0.05) is 24.3 Å². The Morgan fingerprint density at radius 2 is 1.77 bits per heavy atom. The molecule has 0 saturated carbocycles. The Balaban J connectivity index is 1.69. The molecule has 3 heterocycles. The van der Waals surface area contributed by atoms with E-state index < -0.39 is 5.69 Å². The smallest absolute Gasteiger partial charge is 0.332 e. The Kier molecular flexibility index (Phi) is 5.51. The second-order valence-electron chi connectivity index (χ2n) is 6.95. The van der Waals surface area contributed by atoms with E-state index in [1.165, 1.54) is 23.4 Å². The van der Waals surface area contributed by atoms with Crippen LogP contribution in [-0.4, -0.2) is 33.4 Å². The molecule has 4 rings (SSSR count). The minimum absolute atomic E-state index is 0.332. The number of nitrogens with one attached hydrogen (secondary N) is 1. The highest BCUT2D eigenvalue weighted by Gasteiger charge is 2.20. The molecule has 0 aliphatic heterocycles. The van der Waals surface area contributed by atoms with Gasteiger partial charge in [-0.05, 0) is 23.9 Å². The van der Waals surface area contributed by atoms with E-state index in [-0.39, 0.29) is 5.56 Å². The molecule has 1 aromatic carbocycles. The Labute approximate surface area is 181 Å². The van der Waals surface area contributed by atoms with Gasteiger partial charge in [-0.25, -0.2) is 9.78 Å². The van der Waals surface area contributed by atoms with Crippen molar-refractivity contribution in [2.75, 3.05) is 5.32 Å². The van der Waals surface area contributed by atoms with E-state index in [1.807, 2.05) is 34.9 Å². The molecule has 3 aromatic heterocycles. The highest BCUT2D eigenvalue weighted by Crippen LogP contribution is 2.27. The van der Waals surface area contributed by atoms with E-state index >= 15 is 0 Å². The number of hydrogen-bond acceptors (Lipinski definition) is 7. The number of para-hydroxylation sites is 1. The quantitative estimate of drug-likeness (QED) is 0.436. The summed E-state index contributed by atoms with van der Waals surface area (Å²) in [5, 5.41) is 13.1. The zero-order valence-corrected chi connectivity index (χ0v) is 18.3. The van der Waals surface area contributed by atoms with E-state index in [1.54, 1.807) is 24.7 Å². The van der Waals surface area contributed by atoms with Crippen LogP contribution in [0.5, 0.6) is 0 Å². The summed E-state index contributed by atoms with van der Waals surface area (Å²) in [5.74, 6) is 0.744. The molecule has 0 saturated heterocycles. The third-order valence-electron chi connectivity index (χ3n) is 4.95. The van der Waals surface area contributed by atoms with Crippen LogP contribution >= 0.6 is 11.8 Å². The van der Waals surface area contributed by atoms with Gasteiger partial charge in [0.25, 0.3) is 5.56 Å². The molecule has 0 bridgehead atoms. The van der Waals surface area contributed by atoms with Crippen LogP contribution in [0.3, 0.4) is 0 Å². The van der Waals surface area contributed by atoms with E-state index in [9.17, 15) is 9.59 Å². The second kappa shape index (κ2) is 8.26. The molecule has 160 valence electrons. The Morgan fingerprint density at radius 3 is 2.48 bits per heavy atom. The number of hydrogen-bond donors (Lipinski definition) is 1. The lowest BCUT2D eigenvalue weighted by molar-refractivity contribution is 0.683. The summed E-state index contributed by atoms with van der Waals surface area (Å²) in [4.78, 5) is 29.4. The number of benzene rings is 1. The molecule has 1 N–H and O–H groups in total. The normalized spacial score (nSPS) is 11.2. The standard InChI is InChI=1S/C20H22N8O2S/c1-5-11-28-14(12-21-13-9-7-6-8-10-13)23-24-19(28)31-18-22-16-15(25(18)2)17(29)27(4)20(30)26(16)3/h5-10,21H,1,11-12H2,2-4H3. The first-order chi connectivity index (χ1) is 14.9. The molecule has 10 nitrogen and oxygen atoms in total. The summed E-state index contributed by atoms with van der Waals surface area (Å²) in [6, 6.07) is 9.84. The number of aryl methyl sites for hydroxylation is 2. The topological polar surface area (TPSA) is 105 Å². The molecular weight excluding hydrogens is 416 g/mol. The van der Waals surface area contributed by atoms with Crippen LogP contribution in [0.4, 0.5) is 5.69 Å². The fourth-order valence-electron chi connectivity index (χ4n) is 3.25. The van der Waals surface area contributed by atoms with Crippen LogP contribution in [0.2, 0.25) is 0 Å². The monoisotopic (exact) mass is 438 g/mol. The Hall–Kier alpha value is -3.60. The summed E-state index contributed by atoms with van der Waals surface area (Å²) in [5.41, 5.74) is 0.861. The number of rotatable bonds is 7. The zero-order chi connectivity index (χ0) is 22.1. The molecule has 4 aromatic rings. The van der Waals surface area contributed by atoms with Crippen molar-refractivity contribution in [1.82, 2.24) is 33.4 Å². The predicted molar refractivity (Wildman–Crippen MR) is 119 cm³/mol. The first-order valence-corrected chi connectivity index (χ1v) is 10.4. The summed E-state index contributed by atoms with van der Waals surface area (Å²) < 4.78 is 6.05. The van der Waals surface area contributed by atoms with Gasteiger partial charge < -0.3 is 14.5 Å². The number of nitrogens with zero attached hydrogens (tertiary/aromatic N) is 7. The largest absolute Gasteiger partial charge is 0.378 e. The highest BCUT2D eigenvalue weighted by atomic mass is 32.2. The van der Waals surface area contributed by atoms with Crippen LogP contribution in [0, 0.1) is 0 Å². The fourth-order valence-corrected chi connectivity index (χ4v) is 4.14. The summed E-state index contributed by atoms with van der Waals surface area (Å²) in [6.07, 6.45) is 1.77. The van der Waals surface area contributed by atoms with E-state index in [2.05, 4.69) is 27.1 Å². The average Bonchev–Trinajstić information content (AvgIpc) is 3.31. The number of imidazole rings is 1. The zero-order valence-electron chi connectivity index (χ0n) is 17.4. The van der Waals surface area contributed by atoms with E-state index in [0.717, 1.165) is 16.1 Å². The molecule has 0 amide bonds. The van der Waals surface area contributed by atoms with Crippen molar-refractivity contribution in [1.29, 1.82) is 0 Å². The number of fused-ring (bicyclic) bond motifs is 1. The van der Waals surface area contributed by atoms with Crippen molar-refractivity contribution in [2.24, 2.45) is 21.1 Å². The maximum absolute atomic E-state index is 12.6. The maximum atomic E-state index is 12.6. The molecule has 31 heavy (non-hydrogen) atoms. The minimum atomic E-state index is -0.420. The van der Waals surface area contributed by atoms with Crippen LogP contribution in [0.25, 0.3) is 11.2 Å². The number of allylic oxidation sites excluding steroid dienone is 1. The molecule has 0 radical (unpaired) electrons. The molecule has 0 atom stereocenters. The molecular formula is C20H22N8O2S. The van der Waals surface area contributed by atoms with Gasteiger partial charge in [0.15, 0.2) is 27.3 Å². The average molecular weight is 439 g/mol. The third-order valence-corrected chi connectivity index (χ3v) is 5.98. The van der Waals surface area contributed by atoms with Crippen molar-refractivity contribution in [3.63, 3.8) is 0 Å². The first kappa shape index (κ1) is 20.7. The molecule has 0 spiro atoms. The molecule has 0 aliphatic rings. The summed E-state index contributed by atoms with van der Waals surface area (Å²) in [6.45, 7) is 4.84. The van der Waals surface area contributed by atoms with E-state index in [4.69, 9.17) is 0 Å². The maximum Gasteiger partial charge on any atom is 0.332 e. The molecule has 0 unspecified atom stereocenters. The first-order valence-electron chi connectivity index (χ1n) is 9.54. The summed E-state index contributed by atoms with van der Waals surface area (Å²) >= 11 is 1.28. The lowest BCUT2D eigenvalue weighted by atomic mass is 10.3. The van der Waals surface area contributed by atoms with Crippen molar-refractivity contribution < 1.29 is 0 Å².